The van der Waals surface area contributed by atoms with E-state index in [2.05, 4.69) is 26.6 Å². The standard InChI is InChI=1S/C19H23BrN2O3/c1-12(14-5-7-15(20)8-6-14)21-19(23)22-13(2)17-11-16(24-3)9-10-18(17)25-4/h5-13H,1-4H3,(H2,21,22,23). The normalized spacial score (nSPS) is 12.8. The van der Waals surface area contributed by atoms with E-state index in [0.717, 1.165) is 15.6 Å². The van der Waals surface area contributed by atoms with E-state index >= 15 is 0 Å². The van der Waals surface area contributed by atoms with Crippen LogP contribution in [0.3, 0.4) is 0 Å². The molecule has 2 aromatic carbocycles. The number of urea groups is 1. The molecule has 0 aromatic heterocycles. The van der Waals surface area contributed by atoms with Crippen molar-refractivity contribution in [3.63, 3.8) is 0 Å². The predicted octanol–water partition coefficient (Wildman–Crippen LogP) is 4.59. The molecule has 25 heavy (non-hydrogen) atoms. The summed E-state index contributed by atoms with van der Waals surface area (Å²) in [5.41, 5.74) is 1.89. The highest BCUT2D eigenvalue weighted by molar-refractivity contribution is 9.10. The summed E-state index contributed by atoms with van der Waals surface area (Å²) in [5.74, 6) is 1.42. The van der Waals surface area contributed by atoms with Crippen molar-refractivity contribution >= 4 is 22.0 Å². The molecule has 2 rings (SSSR count). The van der Waals surface area contributed by atoms with Crippen LogP contribution in [0, 0.1) is 0 Å². The minimum absolute atomic E-state index is 0.104. The van der Waals surface area contributed by atoms with E-state index in [1.165, 1.54) is 0 Å². The Morgan fingerprint density at radius 3 is 2.20 bits per heavy atom. The van der Waals surface area contributed by atoms with Gasteiger partial charge in [0.1, 0.15) is 11.5 Å². The van der Waals surface area contributed by atoms with Gasteiger partial charge in [0, 0.05) is 10.0 Å². The van der Waals surface area contributed by atoms with Crippen LogP contribution in [0.2, 0.25) is 0 Å². The second-order valence-corrected chi connectivity index (χ2v) is 6.64. The average Bonchev–Trinajstić information content (AvgIpc) is 2.61. The van der Waals surface area contributed by atoms with E-state index in [1.807, 2.05) is 56.3 Å². The highest BCUT2D eigenvalue weighted by Gasteiger charge is 2.16. The molecular weight excluding hydrogens is 384 g/mol. The van der Waals surface area contributed by atoms with Gasteiger partial charge in [-0.1, -0.05) is 28.1 Å². The van der Waals surface area contributed by atoms with Crippen molar-refractivity contribution in [3.8, 4) is 11.5 Å². The Labute approximate surface area is 156 Å². The lowest BCUT2D eigenvalue weighted by molar-refractivity contribution is 0.234. The van der Waals surface area contributed by atoms with E-state index in [9.17, 15) is 4.79 Å². The van der Waals surface area contributed by atoms with Crippen molar-refractivity contribution in [1.82, 2.24) is 10.6 Å². The molecule has 0 aliphatic heterocycles. The van der Waals surface area contributed by atoms with Crippen LogP contribution >= 0.6 is 15.9 Å². The number of benzene rings is 2. The fraction of sp³-hybridized carbons (Fsp3) is 0.316. The van der Waals surface area contributed by atoms with Crippen LogP contribution in [0.15, 0.2) is 46.9 Å². The SMILES string of the molecule is COc1ccc(OC)c(C(C)NC(=O)NC(C)c2ccc(Br)cc2)c1. The number of ether oxygens (including phenoxy) is 2. The second kappa shape index (κ2) is 8.76. The summed E-state index contributed by atoms with van der Waals surface area (Å²) in [7, 11) is 3.21. The van der Waals surface area contributed by atoms with E-state index in [0.29, 0.717) is 11.5 Å². The first kappa shape index (κ1) is 19.1. The zero-order valence-electron chi connectivity index (χ0n) is 14.8. The summed E-state index contributed by atoms with van der Waals surface area (Å²) < 4.78 is 11.6. The molecule has 0 heterocycles. The zero-order valence-corrected chi connectivity index (χ0v) is 16.4. The molecule has 0 aliphatic rings. The zero-order chi connectivity index (χ0) is 18.4. The molecule has 2 amide bonds. The molecule has 2 unspecified atom stereocenters. The second-order valence-electron chi connectivity index (χ2n) is 5.72. The van der Waals surface area contributed by atoms with Gasteiger partial charge in [-0.3, -0.25) is 0 Å². The van der Waals surface area contributed by atoms with Gasteiger partial charge in [0.15, 0.2) is 0 Å². The third kappa shape index (κ3) is 5.13. The average molecular weight is 407 g/mol. The summed E-state index contributed by atoms with van der Waals surface area (Å²) in [5, 5.41) is 5.88. The lowest BCUT2D eigenvalue weighted by atomic mass is 10.1. The number of carbonyl (C=O) groups is 1. The van der Waals surface area contributed by atoms with Crippen LogP contribution in [0.4, 0.5) is 4.79 Å². The highest BCUT2D eigenvalue weighted by atomic mass is 79.9. The van der Waals surface area contributed by atoms with Gasteiger partial charge in [-0.15, -0.1) is 0 Å². The van der Waals surface area contributed by atoms with Gasteiger partial charge in [-0.25, -0.2) is 4.79 Å². The molecule has 2 atom stereocenters. The van der Waals surface area contributed by atoms with Gasteiger partial charge in [0.2, 0.25) is 0 Å². The first-order valence-corrected chi connectivity index (χ1v) is 8.78. The summed E-state index contributed by atoms with van der Waals surface area (Å²) in [6, 6.07) is 12.8. The molecule has 5 nitrogen and oxygen atoms in total. The quantitative estimate of drug-likeness (QED) is 0.737. The molecule has 0 spiro atoms. The largest absolute Gasteiger partial charge is 0.497 e. The number of carbonyl (C=O) groups excluding carboxylic acids is 1. The van der Waals surface area contributed by atoms with Gasteiger partial charge in [0.05, 0.1) is 26.3 Å². The van der Waals surface area contributed by atoms with Gasteiger partial charge in [0.25, 0.3) is 0 Å². The smallest absolute Gasteiger partial charge is 0.315 e. The van der Waals surface area contributed by atoms with Crippen LogP contribution in [-0.2, 0) is 0 Å². The number of hydrogen-bond donors (Lipinski definition) is 2. The molecule has 0 fully saturated rings. The van der Waals surface area contributed by atoms with E-state index in [4.69, 9.17) is 9.47 Å². The van der Waals surface area contributed by atoms with Crippen molar-refractivity contribution in [2.24, 2.45) is 0 Å². The minimum Gasteiger partial charge on any atom is -0.497 e. The number of rotatable bonds is 6. The highest BCUT2D eigenvalue weighted by Crippen LogP contribution is 2.29. The maximum absolute atomic E-state index is 12.3. The molecular formula is C19H23BrN2O3. The lowest BCUT2D eigenvalue weighted by Gasteiger charge is -2.20. The summed E-state index contributed by atoms with van der Waals surface area (Å²) >= 11 is 3.41. The fourth-order valence-electron chi connectivity index (χ4n) is 2.53. The van der Waals surface area contributed by atoms with Crippen LogP contribution in [0.1, 0.15) is 37.1 Å². The van der Waals surface area contributed by atoms with Crippen molar-refractivity contribution in [2.45, 2.75) is 25.9 Å². The molecule has 0 saturated heterocycles. The topological polar surface area (TPSA) is 59.6 Å². The lowest BCUT2D eigenvalue weighted by Crippen LogP contribution is -2.38. The van der Waals surface area contributed by atoms with Crippen molar-refractivity contribution < 1.29 is 14.3 Å². The first-order chi connectivity index (χ1) is 11.9. The predicted molar refractivity (Wildman–Crippen MR) is 102 cm³/mol. The Hall–Kier alpha value is -2.21. The van der Waals surface area contributed by atoms with Crippen LogP contribution in [-0.4, -0.2) is 20.3 Å². The van der Waals surface area contributed by atoms with Gasteiger partial charge in [-0.2, -0.15) is 0 Å². The van der Waals surface area contributed by atoms with Crippen molar-refractivity contribution in [1.29, 1.82) is 0 Å². The van der Waals surface area contributed by atoms with Gasteiger partial charge in [-0.05, 0) is 49.7 Å². The Bertz CT molecular complexity index is 719. The Morgan fingerprint density at radius 2 is 1.60 bits per heavy atom. The molecule has 0 radical (unpaired) electrons. The number of methoxy groups -OCH3 is 2. The monoisotopic (exact) mass is 406 g/mol. The van der Waals surface area contributed by atoms with Gasteiger partial charge < -0.3 is 20.1 Å². The van der Waals surface area contributed by atoms with Crippen molar-refractivity contribution in [2.75, 3.05) is 14.2 Å². The minimum atomic E-state index is -0.243. The number of hydrogen-bond acceptors (Lipinski definition) is 3. The Balaban J connectivity index is 2.03. The maximum atomic E-state index is 12.3. The van der Waals surface area contributed by atoms with Crippen LogP contribution in [0.5, 0.6) is 11.5 Å². The third-order valence-corrected chi connectivity index (χ3v) is 4.50. The number of nitrogens with one attached hydrogen (secondary N) is 2. The summed E-state index contributed by atoms with van der Waals surface area (Å²) in [6.45, 7) is 3.85. The molecule has 2 aromatic rings. The third-order valence-electron chi connectivity index (χ3n) is 3.97. The Morgan fingerprint density at radius 1 is 0.960 bits per heavy atom. The van der Waals surface area contributed by atoms with Crippen LogP contribution < -0.4 is 20.1 Å². The molecule has 134 valence electrons. The van der Waals surface area contributed by atoms with Crippen molar-refractivity contribution in [3.05, 3.63) is 58.1 Å². The van der Waals surface area contributed by atoms with E-state index in [1.54, 1.807) is 14.2 Å². The molecule has 2 N–H and O–H groups in total. The Kier molecular flexibility index (Phi) is 6.70. The summed E-state index contributed by atoms with van der Waals surface area (Å²) in [4.78, 5) is 12.3. The molecule has 0 saturated carbocycles. The maximum Gasteiger partial charge on any atom is 0.315 e. The van der Waals surface area contributed by atoms with Gasteiger partial charge >= 0.3 is 6.03 Å². The van der Waals surface area contributed by atoms with E-state index < -0.39 is 0 Å². The molecule has 0 bridgehead atoms. The fourth-order valence-corrected chi connectivity index (χ4v) is 2.79. The van der Waals surface area contributed by atoms with Crippen LogP contribution in [0.25, 0.3) is 0 Å². The first-order valence-electron chi connectivity index (χ1n) is 7.99. The summed E-state index contributed by atoms with van der Waals surface area (Å²) in [6.07, 6.45) is 0. The molecule has 0 aliphatic carbocycles. The van der Waals surface area contributed by atoms with E-state index in [-0.39, 0.29) is 18.1 Å². The number of amides is 2. The number of halogens is 1. The molecule has 6 heteroatoms.